The Morgan fingerprint density at radius 3 is 2.33 bits per heavy atom. The van der Waals surface area contributed by atoms with Crippen molar-refractivity contribution in [3.05, 3.63) is 54.2 Å². The van der Waals surface area contributed by atoms with Crippen molar-refractivity contribution in [2.75, 3.05) is 11.1 Å². The summed E-state index contributed by atoms with van der Waals surface area (Å²) in [6.45, 7) is 5.66. The average molecular weight is 376 g/mol. The van der Waals surface area contributed by atoms with Gasteiger partial charge in [0.1, 0.15) is 17.3 Å². The number of hydrogen-bond acceptors (Lipinski definition) is 4. The number of alkyl halides is 3. The summed E-state index contributed by atoms with van der Waals surface area (Å²) in [5.41, 5.74) is 5.84. The van der Waals surface area contributed by atoms with Gasteiger partial charge in [0.2, 0.25) is 0 Å². The van der Waals surface area contributed by atoms with Gasteiger partial charge in [-0.25, -0.2) is 9.67 Å². The number of nitrogens with two attached hydrogens (primary N) is 1. The molecule has 3 N–H and O–H groups in total. The van der Waals surface area contributed by atoms with E-state index in [-0.39, 0.29) is 17.7 Å². The first-order valence-electron chi connectivity index (χ1n) is 8.74. The molecular weight excluding hydrogens is 355 g/mol. The molecule has 3 aromatic rings. The van der Waals surface area contributed by atoms with E-state index in [0.717, 1.165) is 6.07 Å². The van der Waals surface area contributed by atoms with Crippen LogP contribution in [0.1, 0.15) is 27.8 Å². The highest BCUT2D eigenvalue weighted by atomic mass is 19.4. The van der Waals surface area contributed by atoms with Crippen LogP contribution in [-0.4, -0.2) is 14.8 Å². The van der Waals surface area contributed by atoms with Gasteiger partial charge in [-0.3, -0.25) is 0 Å². The Kier molecular flexibility index (Phi) is 4.25. The van der Waals surface area contributed by atoms with E-state index >= 15 is 0 Å². The molecule has 0 aliphatic heterocycles. The molecule has 0 aliphatic carbocycles. The summed E-state index contributed by atoms with van der Waals surface area (Å²) in [6, 6.07) is 10.5. The second-order valence-corrected chi connectivity index (χ2v) is 7.06. The summed E-state index contributed by atoms with van der Waals surface area (Å²) in [5.74, 6) is 0.240. The van der Waals surface area contributed by atoms with Crippen LogP contribution in [0.5, 0.6) is 0 Å². The molecule has 1 aromatic carbocycles. The van der Waals surface area contributed by atoms with Gasteiger partial charge in [-0.15, -0.1) is 0 Å². The van der Waals surface area contributed by atoms with Crippen molar-refractivity contribution in [1.29, 1.82) is 0 Å². The maximum Gasteiger partial charge on any atom is 0.433 e. The first-order chi connectivity index (χ1) is 13.0. The third-order valence-electron chi connectivity index (χ3n) is 3.75. The molecule has 0 saturated carbocycles. The van der Waals surface area contributed by atoms with Crippen LogP contribution < -0.4 is 11.1 Å². The van der Waals surface area contributed by atoms with Gasteiger partial charge < -0.3 is 11.1 Å². The lowest BCUT2D eigenvalue weighted by atomic mass is 10.1. The highest BCUT2D eigenvalue weighted by molar-refractivity contribution is 5.67. The zero-order valence-electron chi connectivity index (χ0n) is 16.1. The van der Waals surface area contributed by atoms with Crippen LogP contribution in [0.3, 0.4) is 0 Å². The Morgan fingerprint density at radius 1 is 1.07 bits per heavy atom. The smallest absolute Gasteiger partial charge is 0.399 e. The van der Waals surface area contributed by atoms with Crippen LogP contribution in [-0.2, 0) is 11.7 Å². The number of nitrogen functional groups attached to an aromatic ring is 1. The Labute approximate surface area is 156 Å². The molecule has 3 rings (SSSR count). The fourth-order valence-electron chi connectivity index (χ4n) is 2.46. The minimum atomic E-state index is -4.55. The van der Waals surface area contributed by atoms with E-state index in [9.17, 15) is 13.2 Å². The number of halogens is 3. The van der Waals surface area contributed by atoms with E-state index in [4.69, 9.17) is 7.10 Å². The molecule has 0 aliphatic rings. The Hall–Kier alpha value is -3.03. The van der Waals surface area contributed by atoms with E-state index in [0.29, 0.717) is 16.9 Å². The molecule has 0 saturated heterocycles. The molecule has 0 spiro atoms. The minimum absolute atomic E-state index is 0.0161. The summed E-state index contributed by atoms with van der Waals surface area (Å²) in [6.07, 6.45) is -4.55. The van der Waals surface area contributed by atoms with E-state index < -0.39 is 17.4 Å². The Morgan fingerprint density at radius 2 is 1.74 bits per heavy atom. The Balaban J connectivity index is 2.09. The van der Waals surface area contributed by atoms with Gasteiger partial charge in [0, 0.05) is 17.3 Å². The number of benzene rings is 1. The van der Waals surface area contributed by atoms with Crippen LogP contribution in [0.15, 0.2) is 48.5 Å². The van der Waals surface area contributed by atoms with Crippen molar-refractivity contribution in [2.24, 2.45) is 0 Å². The lowest BCUT2D eigenvalue weighted by Crippen LogP contribution is -2.24. The SMILES string of the molecule is [2H]c1c(-c2ccc(N)cc2)nn(C(C)(C)C)c1Nc1cccc(C(F)(F)F)n1. The first-order valence-corrected chi connectivity index (χ1v) is 8.24. The van der Waals surface area contributed by atoms with Crippen LogP contribution >= 0.6 is 0 Å². The van der Waals surface area contributed by atoms with Crippen LogP contribution in [0.2, 0.25) is 0 Å². The van der Waals surface area contributed by atoms with Crippen molar-refractivity contribution in [2.45, 2.75) is 32.5 Å². The maximum absolute atomic E-state index is 13.0. The zero-order valence-corrected chi connectivity index (χ0v) is 15.1. The summed E-state index contributed by atoms with van der Waals surface area (Å²) < 4.78 is 49.0. The number of rotatable bonds is 3. The predicted molar refractivity (Wildman–Crippen MR) is 99.6 cm³/mol. The number of aromatic nitrogens is 3. The second-order valence-electron chi connectivity index (χ2n) is 7.06. The molecule has 0 atom stereocenters. The third kappa shape index (κ3) is 4.21. The number of hydrogen-bond donors (Lipinski definition) is 2. The molecule has 2 heterocycles. The van der Waals surface area contributed by atoms with Gasteiger partial charge in [0.15, 0.2) is 0 Å². The topological polar surface area (TPSA) is 68.8 Å². The summed E-state index contributed by atoms with van der Waals surface area (Å²) in [7, 11) is 0. The molecule has 0 amide bonds. The molecule has 27 heavy (non-hydrogen) atoms. The molecule has 0 radical (unpaired) electrons. The molecule has 2 aromatic heterocycles. The first kappa shape index (κ1) is 17.4. The molecule has 142 valence electrons. The molecule has 0 unspecified atom stereocenters. The van der Waals surface area contributed by atoms with Gasteiger partial charge in [0.25, 0.3) is 0 Å². The van der Waals surface area contributed by atoms with E-state index in [1.165, 1.54) is 12.1 Å². The molecular formula is C19H20F3N5. The monoisotopic (exact) mass is 376 g/mol. The van der Waals surface area contributed by atoms with Crippen LogP contribution in [0.4, 0.5) is 30.5 Å². The Bertz CT molecular complexity index is 988. The van der Waals surface area contributed by atoms with Gasteiger partial charge in [-0.1, -0.05) is 18.2 Å². The lowest BCUT2D eigenvalue weighted by molar-refractivity contribution is -0.141. The fraction of sp³-hybridized carbons (Fsp3) is 0.263. The van der Waals surface area contributed by atoms with Crippen molar-refractivity contribution in [1.82, 2.24) is 14.8 Å². The van der Waals surface area contributed by atoms with E-state index in [1.807, 2.05) is 20.8 Å². The van der Waals surface area contributed by atoms with Crippen molar-refractivity contribution < 1.29 is 14.5 Å². The van der Waals surface area contributed by atoms with Gasteiger partial charge in [-0.05, 0) is 45.0 Å². The number of pyridine rings is 1. The van der Waals surface area contributed by atoms with E-state index in [1.54, 1.807) is 28.9 Å². The normalized spacial score (nSPS) is 12.7. The summed E-state index contributed by atoms with van der Waals surface area (Å²) >= 11 is 0. The summed E-state index contributed by atoms with van der Waals surface area (Å²) in [5, 5.41) is 7.36. The number of anilines is 3. The molecule has 5 nitrogen and oxygen atoms in total. The molecule has 0 bridgehead atoms. The zero-order chi connectivity index (χ0) is 20.7. The van der Waals surface area contributed by atoms with Crippen molar-refractivity contribution in [3.63, 3.8) is 0 Å². The standard InChI is InChI=1S/C19H20F3N5/c1-18(2,3)27-17(11-14(26-27)12-7-9-13(23)10-8-12)25-16-6-4-5-15(24-16)19(20,21)22/h4-11H,23H2,1-3H3,(H,24,25)/i11D. The third-order valence-corrected chi connectivity index (χ3v) is 3.75. The number of nitrogens with one attached hydrogen (secondary N) is 1. The van der Waals surface area contributed by atoms with Crippen LogP contribution in [0, 0.1) is 0 Å². The van der Waals surface area contributed by atoms with E-state index in [2.05, 4.69) is 15.4 Å². The minimum Gasteiger partial charge on any atom is -0.399 e. The fourth-order valence-corrected chi connectivity index (χ4v) is 2.46. The average Bonchev–Trinajstić information content (AvgIpc) is 2.92. The highest BCUT2D eigenvalue weighted by Gasteiger charge is 2.32. The summed E-state index contributed by atoms with van der Waals surface area (Å²) in [4.78, 5) is 3.62. The lowest BCUT2D eigenvalue weighted by Gasteiger charge is -2.22. The highest BCUT2D eigenvalue weighted by Crippen LogP contribution is 2.31. The quantitative estimate of drug-likeness (QED) is 0.628. The molecule has 8 heteroatoms. The van der Waals surface area contributed by atoms with Gasteiger partial charge in [-0.2, -0.15) is 18.3 Å². The van der Waals surface area contributed by atoms with Crippen molar-refractivity contribution >= 4 is 17.3 Å². The van der Waals surface area contributed by atoms with Crippen molar-refractivity contribution in [3.8, 4) is 11.3 Å². The predicted octanol–water partition coefficient (Wildman–Crippen LogP) is 5.04. The van der Waals surface area contributed by atoms with Gasteiger partial charge >= 0.3 is 6.18 Å². The largest absolute Gasteiger partial charge is 0.433 e. The second kappa shape index (κ2) is 6.61. The number of nitrogens with zero attached hydrogens (tertiary/aromatic N) is 3. The van der Waals surface area contributed by atoms with Gasteiger partial charge in [0.05, 0.1) is 12.6 Å². The maximum atomic E-state index is 13.0. The van der Waals surface area contributed by atoms with Crippen LogP contribution in [0.25, 0.3) is 11.3 Å². The molecule has 0 fully saturated rings.